The fourth-order valence-electron chi connectivity index (χ4n) is 3.60. The van der Waals surface area contributed by atoms with E-state index < -0.39 is 14.9 Å². The summed E-state index contributed by atoms with van der Waals surface area (Å²) in [6, 6.07) is 14.3. The van der Waals surface area contributed by atoms with E-state index in [9.17, 15) is 18.5 Å². The highest BCUT2D eigenvalue weighted by Crippen LogP contribution is 2.26. The molecule has 0 amide bonds. The van der Waals surface area contributed by atoms with Gasteiger partial charge in [0.1, 0.15) is 12.0 Å². The highest BCUT2D eigenvalue weighted by Gasteiger charge is 2.29. The number of sulfonamides is 1. The average molecular weight is 412 g/mol. The Hall–Kier alpha value is -3.04. The maximum Gasteiger partial charge on any atom is 0.287 e. The number of aryl methyl sites for hydroxylation is 1. The van der Waals surface area contributed by atoms with Crippen LogP contribution in [0, 0.1) is 17.0 Å². The summed E-state index contributed by atoms with van der Waals surface area (Å²) in [6.45, 7) is 3.37. The van der Waals surface area contributed by atoms with Gasteiger partial charge in [-0.1, -0.05) is 30.3 Å². The molecule has 0 saturated carbocycles. The number of piperazine rings is 1. The molecule has 0 radical (unpaired) electrons. The molecule has 0 aliphatic carbocycles. The van der Waals surface area contributed by atoms with E-state index in [0.717, 1.165) is 10.8 Å². The zero-order valence-corrected chi connectivity index (χ0v) is 16.7. The van der Waals surface area contributed by atoms with Crippen molar-refractivity contribution in [1.29, 1.82) is 0 Å². The van der Waals surface area contributed by atoms with Gasteiger partial charge in [-0.2, -0.15) is 4.31 Å². The lowest BCUT2D eigenvalue weighted by molar-refractivity contribution is -0.385. The van der Waals surface area contributed by atoms with Crippen LogP contribution in [0.1, 0.15) is 5.56 Å². The van der Waals surface area contributed by atoms with Crippen molar-refractivity contribution in [3.63, 3.8) is 0 Å². The van der Waals surface area contributed by atoms with Crippen molar-refractivity contribution in [3.05, 3.63) is 70.4 Å². The van der Waals surface area contributed by atoms with Crippen LogP contribution in [0.2, 0.25) is 0 Å². The first-order chi connectivity index (χ1) is 13.9. The molecule has 1 saturated heterocycles. The summed E-state index contributed by atoms with van der Waals surface area (Å²) in [6.07, 6.45) is 1.24. The van der Waals surface area contributed by atoms with Crippen LogP contribution in [0.3, 0.4) is 0 Å². The standard InChI is InChI=1S/C20H20N4O4S/c1-15-12-18(24(25)26)14-21-20(15)22-8-10-23(11-9-22)29(27,28)19-7-6-16-4-2-3-5-17(16)13-19/h2-7,12-14H,8-11H2,1H3. The van der Waals surface area contributed by atoms with Crippen LogP contribution in [-0.4, -0.2) is 48.8 Å². The zero-order valence-electron chi connectivity index (χ0n) is 15.9. The first-order valence-electron chi connectivity index (χ1n) is 9.21. The molecule has 1 aliphatic heterocycles. The highest BCUT2D eigenvalue weighted by atomic mass is 32.2. The monoisotopic (exact) mass is 412 g/mol. The van der Waals surface area contributed by atoms with Crippen LogP contribution in [-0.2, 0) is 10.0 Å². The average Bonchev–Trinajstić information content (AvgIpc) is 2.73. The Morgan fingerprint density at radius 3 is 2.34 bits per heavy atom. The lowest BCUT2D eigenvalue weighted by Crippen LogP contribution is -2.49. The molecule has 2 aromatic carbocycles. The van der Waals surface area contributed by atoms with Crippen molar-refractivity contribution in [2.24, 2.45) is 0 Å². The number of nitrogens with zero attached hydrogens (tertiary/aromatic N) is 4. The number of fused-ring (bicyclic) bond motifs is 1. The number of benzene rings is 2. The van der Waals surface area contributed by atoms with E-state index in [-0.39, 0.29) is 10.6 Å². The molecule has 0 bridgehead atoms. The van der Waals surface area contributed by atoms with Gasteiger partial charge in [-0.15, -0.1) is 0 Å². The molecular formula is C20H20N4O4S. The van der Waals surface area contributed by atoms with E-state index in [1.807, 2.05) is 35.2 Å². The Morgan fingerprint density at radius 1 is 1.00 bits per heavy atom. The quantitative estimate of drug-likeness (QED) is 0.483. The van der Waals surface area contributed by atoms with E-state index in [1.54, 1.807) is 19.1 Å². The molecule has 0 spiro atoms. The summed E-state index contributed by atoms with van der Waals surface area (Å²) in [5, 5.41) is 12.8. The Morgan fingerprint density at radius 2 is 1.69 bits per heavy atom. The van der Waals surface area contributed by atoms with Gasteiger partial charge in [-0.3, -0.25) is 10.1 Å². The molecule has 150 valence electrons. The van der Waals surface area contributed by atoms with Gasteiger partial charge in [0.2, 0.25) is 10.0 Å². The van der Waals surface area contributed by atoms with E-state index in [4.69, 9.17) is 0 Å². The lowest BCUT2D eigenvalue weighted by Gasteiger charge is -2.35. The number of hydrogen-bond donors (Lipinski definition) is 0. The van der Waals surface area contributed by atoms with Crippen molar-refractivity contribution in [1.82, 2.24) is 9.29 Å². The number of pyridine rings is 1. The van der Waals surface area contributed by atoms with E-state index in [2.05, 4.69) is 4.98 Å². The molecular weight excluding hydrogens is 392 g/mol. The van der Waals surface area contributed by atoms with Crippen LogP contribution in [0.25, 0.3) is 10.8 Å². The summed E-state index contributed by atoms with van der Waals surface area (Å²) >= 11 is 0. The van der Waals surface area contributed by atoms with Gasteiger partial charge in [0.15, 0.2) is 0 Å². The molecule has 1 aliphatic rings. The third-order valence-electron chi connectivity index (χ3n) is 5.14. The van der Waals surface area contributed by atoms with Crippen molar-refractivity contribution in [2.45, 2.75) is 11.8 Å². The van der Waals surface area contributed by atoms with Gasteiger partial charge < -0.3 is 4.90 Å². The van der Waals surface area contributed by atoms with Crippen LogP contribution in [0.5, 0.6) is 0 Å². The topological polar surface area (TPSA) is 96.7 Å². The Balaban J connectivity index is 1.52. The largest absolute Gasteiger partial charge is 0.354 e. The SMILES string of the molecule is Cc1cc([N+](=O)[O-])cnc1N1CCN(S(=O)(=O)c2ccc3ccccc3c2)CC1. The number of rotatable bonds is 4. The van der Waals surface area contributed by atoms with Crippen LogP contribution in [0.15, 0.2) is 59.6 Å². The minimum Gasteiger partial charge on any atom is -0.354 e. The molecule has 4 rings (SSSR count). The predicted octanol–water partition coefficient (Wildman–Crippen LogP) is 2.96. The molecule has 0 atom stereocenters. The van der Waals surface area contributed by atoms with E-state index in [1.165, 1.54) is 16.6 Å². The fourth-order valence-corrected chi connectivity index (χ4v) is 5.06. The maximum atomic E-state index is 13.1. The summed E-state index contributed by atoms with van der Waals surface area (Å²) in [4.78, 5) is 16.9. The zero-order chi connectivity index (χ0) is 20.6. The summed E-state index contributed by atoms with van der Waals surface area (Å²) in [7, 11) is -3.59. The van der Waals surface area contributed by atoms with Crippen molar-refractivity contribution >= 4 is 32.3 Å². The number of aromatic nitrogens is 1. The van der Waals surface area contributed by atoms with E-state index >= 15 is 0 Å². The Kier molecular flexibility index (Phi) is 4.93. The number of hydrogen-bond acceptors (Lipinski definition) is 6. The first kappa shape index (κ1) is 19.3. The normalized spacial score (nSPS) is 15.6. The van der Waals surface area contributed by atoms with Crippen molar-refractivity contribution in [3.8, 4) is 0 Å². The second kappa shape index (κ2) is 7.41. The van der Waals surface area contributed by atoms with Gasteiger partial charge in [0.05, 0.1) is 9.82 Å². The number of nitro groups is 1. The second-order valence-electron chi connectivity index (χ2n) is 6.99. The highest BCUT2D eigenvalue weighted by molar-refractivity contribution is 7.89. The lowest BCUT2D eigenvalue weighted by atomic mass is 10.1. The maximum absolute atomic E-state index is 13.1. The third kappa shape index (κ3) is 3.66. The molecule has 0 N–H and O–H groups in total. The van der Waals surface area contributed by atoms with Crippen LogP contribution in [0.4, 0.5) is 11.5 Å². The summed E-state index contributed by atoms with van der Waals surface area (Å²) < 4.78 is 27.6. The van der Waals surface area contributed by atoms with Gasteiger partial charge in [0.25, 0.3) is 5.69 Å². The predicted molar refractivity (Wildman–Crippen MR) is 111 cm³/mol. The van der Waals surface area contributed by atoms with Crippen molar-refractivity contribution < 1.29 is 13.3 Å². The fraction of sp³-hybridized carbons (Fsp3) is 0.250. The van der Waals surface area contributed by atoms with Gasteiger partial charge in [0, 0.05) is 32.2 Å². The van der Waals surface area contributed by atoms with Crippen molar-refractivity contribution in [2.75, 3.05) is 31.1 Å². The third-order valence-corrected chi connectivity index (χ3v) is 7.04. The van der Waals surface area contributed by atoms with Gasteiger partial charge in [-0.05, 0) is 35.4 Å². The first-order valence-corrected chi connectivity index (χ1v) is 10.7. The smallest absolute Gasteiger partial charge is 0.287 e. The molecule has 8 nitrogen and oxygen atoms in total. The number of anilines is 1. The minimum atomic E-state index is -3.59. The van der Waals surface area contributed by atoms with Gasteiger partial charge in [-0.25, -0.2) is 13.4 Å². The Labute approximate surface area is 168 Å². The molecule has 29 heavy (non-hydrogen) atoms. The summed E-state index contributed by atoms with van der Waals surface area (Å²) in [5.74, 6) is 0.651. The second-order valence-corrected chi connectivity index (χ2v) is 8.93. The molecule has 0 unspecified atom stereocenters. The van der Waals surface area contributed by atoms with Gasteiger partial charge >= 0.3 is 0 Å². The summed E-state index contributed by atoms with van der Waals surface area (Å²) in [5.41, 5.74) is 0.647. The molecule has 1 fully saturated rings. The van der Waals surface area contributed by atoms with Crippen LogP contribution >= 0.6 is 0 Å². The minimum absolute atomic E-state index is 0.0521. The molecule has 2 heterocycles. The molecule has 9 heteroatoms. The molecule has 3 aromatic rings. The van der Waals surface area contributed by atoms with Crippen LogP contribution < -0.4 is 4.90 Å². The Bertz CT molecular complexity index is 1190. The van der Waals surface area contributed by atoms with E-state index in [0.29, 0.717) is 37.6 Å². The molecule has 1 aromatic heterocycles.